The Hall–Kier alpha value is -1.26. The molecule has 0 bridgehead atoms. The Labute approximate surface area is 113 Å². The summed E-state index contributed by atoms with van der Waals surface area (Å²) in [5.74, 6) is -0.385. The topological polar surface area (TPSA) is 66.8 Å². The van der Waals surface area contributed by atoms with E-state index in [0.29, 0.717) is 31.8 Å². The summed E-state index contributed by atoms with van der Waals surface area (Å²) in [6.07, 6.45) is 2.79. The van der Waals surface area contributed by atoms with Gasteiger partial charge in [-0.3, -0.25) is 4.79 Å². The Balaban J connectivity index is 1.95. The number of piperidine rings is 1. The zero-order valence-corrected chi connectivity index (χ0v) is 11.9. The smallest absolute Gasteiger partial charge is 0.410 e. The van der Waals surface area contributed by atoms with Gasteiger partial charge in [0.15, 0.2) is 0 Å². The number of carbonyl (C=O) groups excluding carboxylic acids is 1. The van der Waals surface area contributed by atoms with Crippen LogP contribution in [0.5, 0.6) is 0 Å². The van der Waals surface area contributed by atoms with E-state index in [9.17, 15) is 14.7 Å². The zero-order chi connectivity index (χ0) is 14.3. The van der Waals surface area contributed by atoms with Crippen LogP contribution in [0.1, 0.15) is 46.5 Å². The minimum absolute atomic E-state index is 0.311. The third kappa shape index (κ3) is 3.01. The van der Waals surface area contributed by atoms with Crippen molar-refractivity contribution in [1.82, 2.24) is 4.90 Å². The number of ether oxygens (including phenoxy) is 1. The average molecular weight is 269 g/mol. The summed E-state index contributed by atoms with van der Waals surface area (Å²) in [4.78, 5) is 25.1. The summed E-state index contributed by atoms with van der Waals surface area (Å²) in [5.41, 5.74) is -1.10. The standard InChI is InChI=1S/C14H23NO4/c1-13(2,3)19-12(18)15-8-6-14(7-9-15,11(16)17)10-4-5-10/h10H,4-9H2,1-3H3,(H,16,17). The number of carboxylic acids is 1. The first-order valence-corrected chi connectivity index (χ1v) is 6.96. The highest BCUT2D eigenvalue weighted by Crippen LogP contribution is 2.51. The maximum Gasteiger partial charge on any atom is 0.410 e. The molecule has 0 aromatic carbocycles. The molecule has 1 saturated carbocycles. The van der Waals surface area contributed by atoms with Gasteiger partial charge < -0.3 is 14.7 Å². The molecule has 1 N–H and O–H groups in total. The summed E-state index contributed by atoms with van der Waals surface area (Å²) in [7, 11) is 0. The van der Waals surface area contributed by atoms with Crippen LogP contribution < -0.4 is 0 Å². The minimum atomic E-state index is -0.696. The first-order chi connectivity index (χ1) is 8.74. The number of nitrogens with zero attached hydrogens (tertiary/aromatic N) is 1. The highest BCUT2D eigenvalue weighted by atomic mass is 16.6. The van der Waals surface area contributed by atoms with Gasteiger partial charge >= 0.3 is 12.1 Å². The van der Waals surface area contributed by atoms with Crippen molar-refractivity contribution in [2.45, 2.75) is 52.1 Å². The molecule has 0 atom stereocenters. The molecule has 19 heavy (non-hydrogen) atoms. The van der Waals surface area contributed by atoms with Gasteiger partial charge in [0.1, 0.15) is 5.60 Å². The highest BCUT2D eigenvalue weighted by Gasteiger charge is 2.52. The van der Waals surface area contributed by atoms with Crippen LogP contribution in [0.25, 0.3) is 0 Å². The van der Waals surface area contributed by atoms with E-state index in [2.05, 4.69) is 0 Å². The summed E-state index contributed by atoms with van der Waals surface area (Å²) in [6, 6.07) is 0. The van der Waals surface area contributed by atoms with E-state index < -0.39 is 17.0 Å². The van der Waals surface area contributed by atoms with Crippen molar-refractivity contribution >= 4 is 12.1 Å². The van der Waals surface area contributed by atoms with E-state index in [0.717, 1.165) is 12.8 Å². The van der Waals surface area contributed by atoms with E-state index in [-0.39, 0.29) is 6.09 Å². The number of hydrogen-bond donors (Lipinski definition) is 1. The Morgan fingerprint density at radius 2 is 1.74 bits per heavy atom. The Bertz CT molecular complexity index is 373. The van der Waals surface area contributed by atoms with Crippen molar-refractivity contribution in [3.8, 4) is 0 Å². The molecule has 2 rings (SSSR count). The van der Waals surface area contributed by atoms with Gasteiger partial charge in [0, 0.05) is 13.1 Å². The molecule has 0 radical (unpaired) electrons. The predicted octanol–water partition coefficient (Wildman–Crippen LogP) is 2.50. The normalized spacial score (nSPS) is 23.0. The summed E-state index contributed by atoms with van der Waals surface area (Å²) >= 11 is 0. The van der Waals surface area contributed by atoms with Gasteiger partial charge in [-0.05, 0) is 52.4 Å². The Kier molecular flexibility index (Phi) is 3.49. The lowest BCUT2D eigenvalue weighted by molar-refractivity contribution is -0.153. The van der Waals surface area contributed by atoms with Gasteiger partial charge in [0.2, 0.25) is 0 Å². The van der Waals surface area contributed by atoms with Crippen molar-refractivity contribution in [3.63, 3.8) is 0 Å². The van der Waals surface area contributed by atoms with Crippen molar-refractivity contribution < 1.29 is 19.4 Å². The van der Waals surface area contributed by atoms with Gasteiger partial charge in [-0.15, -0.1) is 0 Å². The van der Waals surface area contributed by atoms with E-state index in [4.69, 9.17) is 4.74 Å². The average Bonchev–Trinajstić information content (AvgIpc) is 3.10. The van der Waals surface area contributed by atoms with Crippen molar-refractivity contribution in [2.24, 2.45) is 11.3 Å². The number of carboxylic acid groups (broad SMARTS) is 1. The Morgan fingerprint density at radius 3 is 2.11 bits per heavy atom. The van der Waals surface area contributed by atoms with E-state index in [1.54, 1.807) is 4.90 Å². The summed E-state index contributed by atoms with van der Waals surface area (Å²) in [6.45, 7) is 6.47. The quantitative estimate of drug-likeness (QED) is 0.836. The molecule has 1 aliphatic carbocycles. The van der Waals surface area contributed by atoms with Crippen molar-refractivity contribution in [2.75, 3.05) is 13.1 Å². The van der Waals surface area contributed by atoms with Gasteiger partial charge in [-0.25, -0.2) is 4.79 Å². The zero-order valence-electron chi connectivity index (χ0n) is 11.9. The van der Waals surface area contributed by atoms with Crippen molar-refractivity contribution in [1.29, 1.82) is 0 Å². The molecule has 2 fully saturated rings. The van der Waals surface area contributed by atoms with Crippen LogP contribution in [0.3, 0.4) is 0 Å². The fourth-order valence-electron chi connectivity index (χ4n) is 2.85. The summed E-state index contributed by atoms with van der Waals surface area (Å²) in [5, 5.41) is 9.48. The fraction of sp³-hybridized carbons (Fsp3) is 0.857. The largest absolute Gasteiger partial charge is 0.481 e. The number of amides is 1. The maximum absolute atomic E-state index is 11.9. The van der Waals surface area contributed by atoms with Crippen LogP contribution in [-0.4, -0.2) is 40.8 Å². The highest BCUT2D eigenvalue weighted by molar-refractivity contribution is 5.76. The minimum Gasteiger partial charge on any atom is -0.481 e. The summed E-state index contributed by atoms with van der Waals surface area (Å²) < 4.78 is 5.32. The molecular weight excluding hydrogens is 246 g/mol. The monoisotopic (exact) mass is 269 g/mol. The molecule has 1 amide bonds. The molecule has 5 heteroatoms. The van der Waals surface area contributed by atoms with Crippen LogP contribution >= 0.6 is 0 Å². The Morgan fingerprint density at radius 1 is 1.21 bits per heavy atom. The number of likely N-dealkylation sites (tertiary alicyclic amines) is 1. The second-order valence-corrected chi connectivity index (χ2v) is 6.70. The van der Waals surface area contributed by atoms with Crippen LogP contribution in [-0.2, 0) is 9.53 Å². The molecule has 1 heterocycles. The number of carbonyl (C=O) groups is 2. The molecule has 108 valence electrons. The second-order valence-electron chi connectivity index (χ2n) is 6.70. The van der Waals surface area contributed by atoms with Gasteiger partial charge in [-0.1, -0.05) is 0 Å². The molecule has 0 unspecified atom stereocenters. The third-order valence-corrected chi connectivity index (χ3v) is 4.09. The lowest BCUT2D eigenvalue weighted by atomic mass is 9.74. The second kappa shape index (κ2) is 4.69. The molecule has 1 aliphatic heterocycles. The number of rotatable bonds is 2. The lowest BCUT2D eigenvalue weighted by Crippen LogP contribution is -2.48. The van der Waals surface area contributed by atoms with Crippen LogP contribution in [0.15, 0.2) is 0 Å². The van der Waals surface area contributed by atoms with E-state index in [1.165, 1.54) is 0 Å². The molecule has 2 aliphatic rings. The van der Waals surface area contributed by atoms with E-state index >= 15 is 0 Å². The molecule has 0 aromatic rings. The van der Waals surface area contributed by atoms with Gasteiger partial charge in [-0.2, -0.15) is 0 Å². The molecule has 0 spiro atoms. The molecule has 0 aromatic heterocycles. The number of aliphatic carboxylic acids is 1. The third-order valence-electron chi connectivity index (χ3n) is 4.09. The molecule has 5 nitrogen and oxygen atoms in total. The SMILES string of the molecule is CC(C)(C)OC(=O)N1CCC(C(=O)O)(C2CC2)CC1. The predicted molar refractivity (Wildman–Crippen MR) is 69.8 cm³/mol. The lowest BCUT2D eigenvalue weighted by Gasteiger charge is -2.39. The molecular formula is C14H23NO4. The number of hydrogen-bond acceptors (Lipinski definition) is 3. The maximum atomic E-state index is 11.9. The van der Waals surface area contributed by atoms with Crippen LogP contribution in [0.2, 0.25) is 0 Å². The van der Waals surface area contributed by atoms with Gasteiger partial charge in [0.25, 0.3) is 0 Å². The fourth-order valence-corrected chi connectivity index (χ4v) is 2.85. The van der Waals surface area contributed by atoms with E-state index in [1.807, 2.05) is 20.8 Å². The van der Waals surface area contributed by atoms with Gasteiger partial charge in [0.05, 0.1) is 5.41 Å². The van der Waals surface area contributed by atoms with Crippen molar-refractivity contribution in [3.05, 3.63) is 0 Å². The van der Waals surface area contributed by atoms with Crippen LogP contribution in [0.4, 0.5) is 4.79 Å². The molecule has 1 saturated heterocycles. The first-order valence-electron chi connectivity index (χ1n) is 6.96. The van der Waals surface area contributed by atoms with Crippen LogP contribution in [0, 0.1) is 11.3 Å². The first kappa shape index (κ1) is 14.2.